The maximum atomic E-state index is 13.5. The number of hydrogen-bond donors (Lipinski definition) is 0. The Kier molecular flexibility index (Phi) is 6.95. The zero-order valence-electron chi connectivity index (χ0n) is 20.0. The van der Waals surface area contributed by atoms with Crippen molar-refractivity contribution >= 4 is 21.4 Å². The van der Waals surface area contributed by atoms with E-state index in [2.05, 4.69) is 35.2 Å². The fourth-order valence-electron chi connectivity index (χ4n) is 3.72. The summed E-state index contributed by atoms with van der Waals surface area (Å²) >= 11 is 5.88. The molecule has 0 aliphatic heterocycles. The van der Waals surface area contributed by atoms with Crippen molar-refractivity contribution in [1.29, 1.82) is 0 Å². The largest absolute Gasteiger partial charge is 0.298 e. The first-order valence-corrected chi connectivity index (χ1v) is 13.1. The van der Waals surface area contributed by atoms with Gasteiger partial charge in [0.05, 0.1) is 16.3 Å². The minimum absolute atomic E-state index is 0.277. The summed E-state index contributed by atoms with van der Waals surface area (Å²) < 4.78 is 30.3. The predicted molar refractivity (Wildman–Crippen MR) is 130 cm³/mol. The molecule has 4 aromatic rings. The number of aromatic nitrogens is 9. The molecule has 0 aliphatic rings. The highest BCUT2D eigenvalue weighted by Crippen LogP contribution is 2.28. The molecule has 0 unspecified atom stereocenters. The van der Waals surface area contributed by atoms with Crippen LogP contribution in [-0.2, 0) is 22.6 Å². The van der Waals surface area contributed by atoms with Crippen molar-refractivity contribution in [2.24, 2.45) is 7.05 Å². The molecular formula is C22H26ClN9O2S. The van der Waals surface area contributed by atoms with Crippen LogP contribution >= 0.6 is 11.6 Å². The van der Waals surface area contributed by atoms with Gasteiger partial charge in [-0.05, 0) is 32.9 Å². The first-order valence-electron chi connectivity index (χ1n) is 11.0. The van der Waals surface area contributed by atoms with Crippen LogP contribution in [0.15, 0.2) is 36.9 Å². The van der Waals surface area contributed by atoms with Gasteiger partial charge >= 0.3 is 0 Å². The van der Waals surface area contributed by atoms with Gasteiger partial charge in [0.1, 0.15) is 29.4 Å². The standard InChI is InChI=1S/C22H26ClN9O2S/c1-13-7-6-8-18(27-13)22-29-28-19(32(22)15(3)21-26-12-31(5)30-21)11-35(33,34)16(4)14(2)20-24-9-17(23)10-25-20/h6-10,12,14-16H,11H2,1-5H3/t14-,15+,16-/m0/s1. The molecule has 3 atom stereocenters. The highest BCUT2D eigenvalue weighted by molar-refractivity contribution is 7.91. The van der Waals surface area contributed by atoms with E-state index >= 15 is 0 Å². The molecule has 4 rings (SSSR count). The molecule has 4 heterocycles. The van der Waals surface area contributed by atoms with E-state index in [1.807, 2.05) is 32.0 Å². The Hall–Kier alpha value is -3.25. The first kappa shape index (κ1) is 24.9. The van der Waals surface area contributed by atoms with E-state index in [0.717, 1.165) is 5.69 Å². The molecule has 0 saturated heterocycles. The van der Waals surface area contributed by atoms with E-state index in [-0.39, 0.29) is 11.6 Å². The average Bonchev–Trinajstić information content (AvgIpc) is 3.44. The summed E-state index contributed by atoms with van der Waals surface area (Å²) in [6.45, 7) is 7.17. The minimum Gasteiger partial charge on any atom is -0.298 e. The van der Waals surface area contributed by atoms with Crippen LogP contribution in [0.5, 0.6) is 0 Å². The fraction of sp³-hybridized carbons (Fsp3) is 0.409. The van der Waals surface area contributed by atoms with Crippen molar-refractivity contribution in [2.75, 3.05) is 0 Å². The molecule has 0 saturated carbocycles. The lowest BCUT2D eigenvalue weighted by Crippen LogP contribution is -2.28. The molecule has 0 N–H and O–H groups in total. The molecule has 0 bridgehead atoms. The topological polar surface area (TPSA) is 134 Å². The summed E-state index contributed by atoms with van der Waals surface area (Å²) in [6.07, 6.45) is 4.51. The van der Waals surface area contributed by atoms with Crippen LogP contribution in [0.2, 0.25) is 5.02 Å². The van der Waals surface area contributed by atoms with Crippen molar-refractivity contribution in [1.82, 2.24) is 44.5 Å². The predicted octanol–water partition coefficient (Wildman–Crippen LogP) is 2.94. The third-order valence-electron chi connectivity index (χ3n) is 5.91. The lowest BCUT2D eigenvalue weighted by atomic mass is 10.1. The summed E-state index contributed by atoms with van der Waals surface area (Å²) in [4.78, 5) is 17.3. The van der Waals surface area contributed by atoms with Crippen molar-refractivity contribution in [2.45, 2.75) is 50.7 Å². The molecule has 0 fully saturated rings. The van der Waals surface area contributed by atoms with Gasteiger partial charge in [-0.2, -0.15) is 5.10 Å². The van der Waals surface area contributed by atoms with Crippen molar-refractivity contribution < 1.29 is 8.42 Å². The third kappa shape index (κ3) is 5.22. The van der Waals surface area contributed by atoms with E-state index in [1.165, 1.54) is 12.4 Å². The molecular weight excluding hydrogens is 490 g/mol. The van der Waals surface area contributed by atoms with Gasteiger partial charge in [-0.1, -0.05) is 24.6 Å². The minimum atomic E-state index is -3.68. The number of aryl methyl sites for hydroxylation is 2. The van der Waals surface area contributed by atoms with Crippen LogP contribution in [0.25, 0.3) is 11.5 Å². The number of hydrogen-bond acceptors (Lipinski definition) is 9. The highest BCUT2D eigenvalue weighted by atomic mass is 35.5. The smallest absolute Gasteiger partial charge is 0.183 e. The summed E-state index contributed by atoms with van der Waals surface area (Å²) in [7, 11) is -1.91. The molecule has 4 aromatic heterocycles. The van der Waals surface area contributed by atoms with E-state index < -0.39 is 27.0 Å². The fourth-order valence-corrected chi connectivity index (χ4v) is 5.38. The van der Waals surface area contributed by atoms with Crippen molar-refractivity contribution in [3.8, 4) is 11.5 Å². The zero-order valence-corrected chi connectivity index (χ0v) is 21.6. The summed E-state index contributed by atoms with van der Waals surface area (Å²) in [6, 6.07) is 5.13. The van der Waals surface area contributed by atoms with Gasteiger partial charge in [0.2, 0.25) is 0 Å². The van der Waals surface area contributed by atoms with Gasteiger partial charge in [0.15, 0.2) is 21.5 Å². The summed E-state index contributed by atoms with van der Waals surface area (Å²) in [5.74, 6) is 0.849. The van der Waals surface area contributed by atoms with Crippen LogP contribution in [-0.4, -0.2) is 58.1 Å². The van der Waals surface area contributed by atoms with Crippen LogP contribution in [0.1, 0.15) is 55.9 Å². The van der Waals surface area contributed by atoms with Gasteiger partial charge in [-0.25, -0.2) is 28.4 Å². The number of halogens is 1. The number of nitrogens with zero attached hydrogens (tertiary/aromatic N) is 9. The van der Waals surface area contributed by atoms with Crippen molar-refractivity contribution in [3.63, 3.8) is 0 Å². The van der Waals surface area contributed by atoms with Gasteiger partial charge in [0.25, 0.3) is 0 Å². The number of rotatable bonds is 8. The summed E-state index contributed by atoms with van der Waals surface area (Å²) in [5, 5.41) is 12.6. The third-order valence-corrected chi connectivity index (χ3v) is 8.31. The second-order valence-corrected chi connectivity index (χ2v) is 11.3. The molecule has 13 heteroatoms. The van der Waals surface area contributed by atoms with Gasteiger partial charge in [-0.15, -0.1) is 10.2 Å². The molecule has 0 spiro atoms. The molecule has 0 amide bonds. The Morgan fingerprint density at radius 3 is 2.37 bits per heavy atom. The Labute approximate surface area is 208 Å². The Bertz CT molecular complexity index is 1430. The van der Waals surface area contributed by atoms with Gasteiger partial charge in [0, 0.05) is 31.1 Å². The molecule has 35 heavy (non-hydrogen) atoms. The Morgan fingerprint density at radius 1 is 1.03 bits per heavy atom. The Balaban J connectivity index is 1.72. The van der Waals surface area contributed by atoms with Crippen molar-refractivity contribution in [3.05, 3.63) is 65.1 Å². The summed E-state index contributed by atoms with van der Waals surface area (Å²) in [5.41, 5.74) is 1.39. The van der Waals surface area contributed by atoms with E-state index in [4.69, 9.17) is 11.6 Å². The normalized spacial score (nSPS) is 14.6. The molecule has 11 nitrogen and oxygen atoms in total. The molecule has 0 radical (unpaired) electrons. The SMILES string of the molecule is Cc1cccc(-c2nnc(CS(=O)(=O)[C@@H](C)[C@H](C)c3ncc(Cl)cn3)n2[C@H](C)c2ncn(C)n2)n1. The maximum Gasteiger partial charge on any atom is 0.183 e. The first-order chi connectivity index (χ1) is 16.6. The lowest BCUT2D eigenvalue weighted by Gasteiger charge is -2.20. The van der Waals surface area contributed by atoms with E-state index in [0.29, 0.717) is 28.2 Å². The monoisotopic (exact) mass is 515 g/mol. The number of pyridine rings is 1. The lowest BCUT2D eigenvalue weighted by molar-refractivity contribution is 0.549. The Morgan fingerprint density at radius 2 is 1.74 bits per heavy atom. The second-order valence-electron chi connectivity index (χ2n) is 8.49. The van der Waals surface area contributed by atoms with Crippen LogP contribution in [0, 0.1) is 6.92 Å². The van der Waals surface area contributed by atoms with Crippen LogP contribution in [0.4, 0.5) is 0 Å². The zero-order chi connectivity index (χ0) is 25.3. The molecule has 0 aliphatic carbocycles. The quantitative estimate of drug-likeness (QED) is 0.347. The highest BCUT2D eigenvalue weighted by Gasteiger charge is 2.33. The average molecular weight is 516 g/mol. The molecule has 0 aromatic carbocycles. The van der Waals surface area contributed by atoms with Crippen LogP contribution in [0.3, 0.4) is 0 Å². The second kappa shape index (κ2) is 9.78. The number of sulfone groups is 1. The van der Waals surface area contributed by atoms with Gasteiger partial charge < -0.3 is 0 Å². The van der Waals surface area contributed by atoms with E-state index in [9.17, 15) is 8.42 Å². The van der Waals surface area contributed by atoms with Gasteiger partial charge in [-0.3, -0.25) is 9.25 Å². The van der Waals surface area contributed by atoms with E-state index in [1.54, 1.807) is 36.5 Å². The molecule has 184 valence electrons. The van der Waals surface area contributed by atoms with Crippen LogP contribution < -0.4 is 0 Å². The maximum absolute atomic E-state index is 13.5.